The van der Waals surface area contributed by atoms with E-state index in [1.54, 1.807) is 23.4 Å². The smallest absolute Gasteiger partial charge is 0.135 e. The van der Waals surface area contributed by atoms with Gasteiger partial charge in [-0.1, -0.05) is 50.1 Å². The molecule has 3 heteroatoms. The van der Waals surface area contributed by atoms with Crippen molar-refractivity contribution < 1.29 is 0 Å². The van der Waals surface area contributed by atoms with E-state index in [-0.39, 0.29) is 0 Å². The van der Waals surface area contributed by atoms with Crippen molar-refractivity contribution in [3.63, 3.8) is 0 Å². The van der Waals surface area contributed by atoms with Gasteiger partial charge in [0.15, 0.2) is 0 Å². The molecule has 11 heavy (non-hydrogen) atoms. The SMILES string of the molecule is CCC[Si]1(CCC)C[SiH](Cl)C1. The molecule has 0 radical (unpaired) electrons. The predicted molar refractivity (Wildman–Crippen MR) is 58.6 cm³/mol. The Bertz CT molecular complexity index is 106. The summed E-state index contributed by atoms with van der Waals surface area (Å²) < 4.78 is 0. The van der Waals surface area contributed by atoms with Crippen molar-refractivity contribution in [3.8, 4) is 0 Å². The van der Waals surface area contributed by atoms with E-state index in [0.29, 0.717) is 0 Å². The third-order valence-corrected chi connectivity index (χ3v) is 19.2. The molecule has 0 aromatic carbocycles. The second kappa shape index (κ2) is 4.10. The fourth-order valence-electron chi connectivity index (χ4n) is 2.47. The Kier molecular flexibility index (Phi) is 3.66. The monoisotopic (exact) mass is 206 g/mol. The predicted octanol–water partition coefficient (Wildman–Crippen LogP) is 3.31. The Morgan fingerprint density at radius 3 is 1.91 bits per heavy atom. The normalized spacial score (nSPS) is 23.2. The van der Waals surface area contributed by atoms with Crippen molar-refractivity contribution in [1.82, 2.24) is 0 Å². The zero-order valence-corrected chi connectivity index (χ0v) is 10.6. The van der Waals surface area contributed by atoms with E-state index in [2.05, 4.69) is 13.8 Å². The molecule has 0 unspecified atom stereocenters. The fraction of sp³-hybridized carbons (Fsp3) is 1.00. The lowest BCUT2D eigenvalue weighted by atomic mass is 10.6. The van der Waals surface area contributed by atoms with Crippen LogP contribution in [0.5, 0.6) is 0 Å². The van der Waals surface area contributed by atoms with Crippen LogP contribution in [0.1, 0.15) is 26.7 Å². The molecule has 66 valence electrons. The van der Waals surface area contributed by atoms with Crippen LogP contribution in [0, 0.1) is 0 Å². The molecule has 0 saturated carbocycles. The van der Waals surface area contributed by atoms with E-state index >= 15 is 0 Å². The molecule has 0 N–H and O–H groups in total. The second-order valence-corrected chi connectivity index (χ2v) is 14.3. The summed E-state index contributed by atoms with van der Waals surface area (Å²) in [6, 6.07) is 3.13. The Morgan fingerprint density at radius 1 is 1.18 bits per heavy atom. The van der Waals surface area contributed by atoms with E-state index in [0.717, 1.165) is 0 Å². The molecule has 0 nitrogen and oxygen atoms in total. The molecule has 1 saturated heterocycles. The molecular weight excluding hydrogens is 188 g/mol. The quantitative estimate of drug-likeness (QED) is 0.489. The third kappa shape index (κ3) is 2.33. The highest BCUT2D eigenvalue weighted by molar-refractivity contribution is 7.25. The van der Waals surface area contributed by atoms with E-state index < -0.39 is 16.2 Å². The third-order valence-electron chi connectivity index (χ3n) is 2.87. The van der Waals surface area contributed by atoms with Crippen molar-refractivity contribution in [2.75, 3.05) is 0 Å². The number of hydrogen-bond donors (Lipinski definition) is 0. The van der Waals surface area contributed by atoms with Gasteiger partial charge >= 0.3 is 0 Å². The Balaban J connectivity index is 2.33. The molecule has 1 aliphatic rings. The van der Waals surface area contributed by atoms with Crippen molar-refractivity contribution in [2.24, 2.45) is 0 Å². The molecule has 0 aliphatic carbocycles. The molecule has 1 rings (SSSR count). The minimum absolute atomic E-state index is 0.623. The molecular formula is C8H19ClSi2. The van der Waals surface area contributed by atoms with Crippen molar-refractivity contribution in [1.29, 1.82) is 0 Å². The standard InChI is InChI=1S/C8H19ClSi2/c1-3-5-11(6-4-2)7-10(9)8-11/h10H,3-8H2,1-2H3. The average Bonchev–Trinajstić information content (AvgIpc) is 1.86. The van der Waals surface area contributed by atoms with Gasteiger partial charge in [-0.25, -0.2) is 0 Å². The molecule has 0 atom stereocenters. The van der Waals surface area contributed by atoms with E-state index in [4.69, 9.17) is 11.1 Å². The van der Waals surface area contributed by atoms with Gasteiger partial charge in [-0.2, -0.15) is 11.1 Å². The van der Waals surface area contributed by atoms with Crippen LogP contribution in [0.4, 0.5) is 0 Å². The average molecular weight is 207 g/mol. The maximum absolute atomic E-state index is 6.18. The Labute approximate surface area is 77.7 Å². The summed E-state index contributed by atoms with van der Waals surface area (Å²) in [6.45, 7) is 4.65. The lowest BCUT2D eigenvalue weighted by Crippen LogP contribution is -2.50. The van der Waals surface area contributed by atoms with E-state index in [1.807, 2.05) is 0 Å². The lowest BCUT2D eigenvalue weighted by Gasteiger charge is -2.42. The van der Waals surface area contributed by atoms with Crippen LogP contribution in [0.25, 0.3) is 0 Å². The van der Waals surface area contributed by atoms with Crippen LogP contribution in [0.15, 0.2) is 0 Å². The van der Waals surface area contributed by atoms with Gasteiger partial charge in [0.2, 0.25) is 0 Å². The zero-order chi connectivity index (χ0) is 8.32. The van der Waals surface area contributed by atoms with Crippen LogP contribution in [0.2, 0.25) is 23.4 Å². The zero-order valence-electron chi connectivity index (χ0n) is 7.70. The Morgan fingerprint density at radius 2 is 1.64 bits per heavy atom. The highest BCUT2D eigenvalue weighted by Gasteiger charge is 2.44. The fourth-order valence-corrected chi connectivity index (χ4v) is 21.0. The largest absolute Gasteiger partial charge is 0.172 e. The van der Waals surface area contributed by atoms with Crippen LogP contribution in [0.3, 0.4) is 0 Å². The van der Waals surface area contributed by atoms with Gasteiger partial charge in [0.1, 0.15) is 8.11 Å². The first-order valence-corrected chi connectivity index (χ1v) is 11.1. The second-order valence-electron chi connectivity index (χ2n) is 4.01. The Hall–Kier alpha value is 0.724. The van der Waals surface area contributed by atoms with Crippen LogP contribution >= 0.6 is 11.1 Å². The molecule has 1 aliphatic heterocycles. The lowest BCUT2D eigenvalue weighted by molar-refractivity contribution is 0.961. The van der Waals surface area contributed by atoms with Gasteiger partial charge in [-0.15, -0.1) is 0 Å². The highest BCUT2D eigenvalue weighted by atomic mass is 35.6. The summed E-state index contributed by atoms with van der Waals surface area (Å²) in [5, 5.41) is 0. The van der Waals surface area contributed by atoms with Crippen LogP contribution in [-0.4, -0.2) is 16.2 Å². The van der Waals surface area contributed by atoms with Crippen molar-refractivity contribution in [3.05, 3.63) is 0 Å². The van der Waals surface area contributed by atoms with Gasteiger partial charge in [0.25, 0.3) is 0 Å². The van der Waals surface area contributed by atoms with Gasteiger partial charge in [0, 0.05) is 0 Å². The molecule has 0 amide bonds. The summed E-state index contributed by atoms with van der Waals surface area (Å²) in [5.74, 6) is 0. The van der Waals surface area contributed by atoms with Gasteiger partial charge in [-0.05, 0) is 0 Å². The van der Waals surface area contributed by atoms with Gasteiger partial charge in [0.05, 0.1) is 8.07 Å². The molecule has 0 aromatic rings. The first kappa shape index (κ1) is 9.81. The number of halogens is 1. The minimum Gasteiger partial charge on any atom is -0.172 e. The number of hydrogen-bond acceptors (Lipinski definition) is 0. The molecule has 1 heterocycles. The van der Waals surface area contributed by atoms with E-state index in [9.17, 15) is 0 Å². The summed E-state index contributed by atoms with van der Waals surface area (Å²) in [5.41, 5.74) is 3.10. The summed E-state index contributed by atoms with van der Waals surface area (Å²) in [7, 11) is -1.30. The minimum atomic E-state index is -0.676. The molecule has 0 spiro atoms. The van der Waals surface area contributed by atoms with Crippen LogP contribution in [-0.2, 0) is 0 Å². The molecule has 0 aromatic heterocycles. The van der Waals surface area contributed by atoms with Crippen LogP contribution < -0.4 is 0 Å². The first-order chi connectivity index (χ1) is 5.22. The summed E-state index contributed by atoms with van der Waals surface area (Å²) in [6.07, 6.45) is 2.81. The maximum atomic E-state index is 6.18. The number of rotatable bonds is 4. The first-order valence-electron chi connectivity index (χ1n) is 4.86. The highest BCUT2D eigenvalue weighted by Crippen LogP contribution is 2.41. The molecule has 0 bridgehead atoms. The van der Waals surface area contributed by atoms with E-state index in [1.165, 1.54) is 12.8 Å². The van der Waals surface area contributed by atoms with Gasteiger partial charge < -0.3 is 0 Å². The van der Waals surface area contributed by atoms with Crippen molar-refractivity contribution in [2.45, 2.75) is 50.1 Å². The topological polar surface area (TPSA) is 0 Å². The van der Waals surface area contributed by atoms with Crippen molar-refractivity contribution >= 4 is 27.3 Å². The maximum Gasteiger partial charge on any atom is 0.135 e. The summed E-state index contributed by atoms with van der Waals surface area (Å²) >= 11 is 6.18. The summed E-state index contributed by atoms with van der Waals surface area (Å²) in [4.78, 5) is 0. The van der Waals surface area contributed by atoms with Gasteiger partial charge in [-0.3, -0.25) is 0 Å². The molecule has 1 fully saturated rings.